The summed E-state index contributed by atoms with van der Waals surface area (Å²) in [6, 6.07) is 27.6. The fraction of sp³-hybridized carbons (Fsp3) is 0.583. The van der Waals surface area contributed by atoms with E-state index in [1.807, 2.05) is 101 Å². The first-order chi connectivity index (χ1) is 28.2. The van der Waals surface area contributed by atoms with E-state index in [1.165, 1.54) is 4.90 Å². The van der Waals surface area contributed by atoms with Gasteiger partial charge < -0.3 is 38.3 Å². The molecule has 7 unspecified atom stereocenters. The third-order valence-electron chi connectivity index (χ3n) is 13.0. The second-order valence-electron chi connectivity index (χ2n) is 17.0. The van der Waals surface area contributed by atoms with Gasteiger partial charge in [0.2, 0.25) is 0 Å². The summed E-state index contributed by atoms with van der Waals surface area (Å²) < 4.78 is 43.0. The molecular formula is C48H67NO10. The molecule has 0 saturated carbocycles. The maximum absolute atomic E-state index is 13.5. The van der Waals surface area contributed by atoms with Crippen LogP contribution in [0.25, 0.3) is 0 Å². The van der Waals surface area contributed by atoms with Gasteiger partial charge in [-0.1, -0.05) is 120 Å². The zero-order chi connectivity index (χ0) is 42.8. The van der Waals surface area contributed by atoms with Gasteiger partial charge in [-0.3, -0.25) is 4.90 Å². The number of hydrogen-bond donors (Lipinski definition) is 1. The van der Waals surface area contributed by atoms with Gasteiger partial charge in [0.15, 0.2) is 18.7 Å². The van der Waals surface area contributed by atoms with Gasteiger partial charge in [-0.15, -0.1) is 0 Å². The molecule has 59 heavy (non-hydrogen) atoms. The minimum Gasteiger partial charge on any atom is -0.451 e. The molecule has 324 valence electrons. The molecule has 0 spiro atoms. The predicted octanol–water partition coefficient (Wildman–Crippen LogP) is 8.87. The Hall–Kier alpha value is -3.84. The second kappa shape index (κ2) is 21.6. The van der Waals surface area contributed by atoms with Gasteiger partial charge in [0.05, 0.1) is 42.6 Å². The van der Waals surface area contributed by atoms with Crippen LogP contribution in [0.2, 0.25) is 0 Å². The summed E-state index contributed by atoms with van der Waals surface area (Å²) in [6.45, 7) is 21.0. The number of rotatable bonds is 11. The first-order valence-corrected chi connectivity index (χ1v) is 21.3. The number of amides is 1. The Morgan fingerprint density at radius 1 is 0.576 bits per heavy atom. The van der Waals surface area contributed by atoms with E-state index in [0.29, 0.717) is 29.6 Å². The van der Waals surface area contributed by atoms with Crippen molar-refractivity contribution >= 4 is 12.1 Å². The van der Waals surface area contributed by atoms with Gasteiger partial charge in [0.1, 0.15) is 19.4 Å². The maximum atomic E-state index is 13.5. The summed E-state index contributed by atoms with van der Waals surface area (Å²) in [7, 11) is 0. The molecule has 3 aliphatic rings. The first-order valence-electron chi connectivity index (χ1n) is 21.3. The second-order valence-corrected chi connectivity index (χ2v) is 17.0. The van der Waals surface area contributed by atoms with Crippen LogP contribution in [0.4, 0.5) is 4.79 Å². The van der Waals surface area contributed by atoms with E-state index in [1.54, 1.807) is 24.3 Å². The van der Waals surface area contributed by atoms with Gasteiger partial charge in [-0.05, 0) is 68.7 Å². The van der Waals surface area contributed by atoms with Gasteiger partial charge in [-0.25, -0.2) is 9.59 Å². The summed E-state index contributed by atoms with van der Waals surface area (Å²) in [6.07, 6.45) is -4.58. The molecule has 3 aliphatic heterocycles. The normalized spacial score (nSPS) is 34.5. The summed E-state index contributed by atoms with van der Waals surface area (Å²) in [5.74, 6) is 0.975. The van der Waals surface area contributed by atoms with Crippen molar-refractivity contribution in [2.24, 2.45) is 35.5 Å². The molecule has 1 amide bonds. The molecule has 0 aromatic heterocycles. The lowest BCUT2D eigenvalue weighted by Crippen LogP contribution is -2.59. The molecule has 1 N–H and O–H groups in total. The standard InChI is InChI=1S/C38H47NO9.C10H20O/c1-24-27(4)45-36(26(3)32(24)40)48-33-25(2)28(5)46-37(34(33)47-35(41)31-19-13-8-14-20-31)44-23-39(21-29-15-9-6-10-16-29)38(42)43-22-30-17-11-7-12-18-30;1-6-7(2)9(4)11-10(5)8(6)3/h6-20,24-28,32-34,36-37,40H,21-23H2,1-5H3;6-10H,1-5H3/t24-,25-,26?,27?,28?,32-,33-,34?,36-,37+;6?,7-,8?,9?,10+/m01/s1. The largest absolute Gasteiger partial charge is 0.451 e. The van der Waals surface area contributed by atoms with Crippen molar-refractivity contribution in [2.75, 3.05) is 6.73 Å². The number of ether oxygens (including phenoxy) is 7. The summed E-state index contributed by atoms with van der Waals surface area (Å²) >= 11 is 0. The van der Waals surface area contributed by atoms with Gasteiger partial charge >= 0.3 is 12.1 Å². The summed E-state index contributed by atoms with van der Waals surface area (Å²) in [5.41, 5.74) is 2.09. The molecule has 11 heteroatoms. The molecule has 0 bridgehead atoms. The Balaban J connectivity index is 0.000000520. The zero-order valence-corrected chi connectivity index (χ0v) is 36.5. The van der Waals surface area contributed by atoms with Crippen molar-refractivity contribution in [2.45, 2.75) is 138 Å². The van der Waals surface area contributed by atoms with Crippen molar-refractivity contribution in [1.29, 1.82) is 0 Å². The number of hydrogen-bond acceptors (Lipinski definition) is 10. The van der Waals surface area contributed by atoms with E-state index >= 15 is 0 Å². The Kier molecular flexibility index (Phi) is 16.9. The monoisotopic (exact) mass is 817 g/mol. The Morgan fingerprint density at radius 2 is 1.08 bits per heavy atom. The number of nitrogens with zero attached hydrogens (tertiary/aromatic N) is 1. The molecule has 0 radical (unpaired) electrons. The van der Waals surface area contributed by atoms with Crippen LogP contribution in [0.1, 0.15) is 90.7 Å². The number of benzene rings is 3. The van der Waals surface area contributed by atoms with E-state index in [4.69, 9.17) is 33.2 Å². The van der Waals surface area contributed by atoms with Gasteiger partial charge in [-0.2, -0.15) is 0 Å². The lowest BCUT2D eigenvalue weighted by atomic mass is 9.77. The van der Waals surface area contributed by atoms with E-state index in [9.17, 15) is 14.7 Å². The summed E-state index contributed by atoms with van der Waals surface area (Å²) in [4.78, 5) is 28.3. The molecule has 3 aromatic rings. The third-order valence-corrected chi connectivity index (χ3v) is 13.0. The minimum absolute atomic E-state index is 0.0779. The quantitative estimate of drug-likeness (QED) is 0.148. The number of aliphatic hydroxyl groups is 1. The highest BCUT2D eigenvalue weighted by molar-refractivity contribution is 5.89. The van der Waals surface area contributed by atoms with E-state index < -0.39 is 43.0 Å². The number of esters is 1. The van der Waals surface area contributed by atoms with E-state index in [0.717, 1.165) is 17.0 Å². The molecule has 3 heterocycles. The zero-order valence-electron chi connectivity index (χ0n) is 36.5. The van der Waals surface area contributed by atoms with E-state index in [2.05, 4.69) is 34.6 Å². The molecule has 3 fully saturated rings. The van der Waals surface area contributed by atoms with Crippen molar-refractivity contribution in [1.82, 2.24) is 4.90 Å². The Morgan fingerprint density at radius 3 is 1.68 bits per heavy atom. The minimum atomic E-state index is -1.10. The van der Waals surface area contributed by atoms with Crippen LogP contribution in [0.15, 0.2) is 91.0 Å². The average molecular weight is 818 g/mol. The SMILES string of the molecule is CC1O[C@@H](C)C(C)C(C)[C@H]1C.CC1[C@H](O[C@@H]2C(OC(=O)c3ccccc3)[C@H](OCN(Cc3ccccc3)C(=O)OCc3ccccc3)OC(C)[C@@H]2C)OC(C)[C@H](C)[C@@H]1O. The molecule has 0 aliphatic carbocycles. The van der Waals surface area contributed by atoms with Crippen LogP contribution in [-0.4, -0.2) is 84.1 Å². The molecule has 3 saturated heterocycles. The highest BCUT2D eigenvalue weighted by Crippen LogP contribution is 2.37. The number of carbonyl (C=O) groups is 2. The first kappa shape index (κ1) is 46.2. The molecule has 15 atom stereocenters. The van der Waals surface area contributed by atoms with E-state index in [-0.39, 0.29) is 49.8 Å². The van der Waals surface area contributed by atoms with Crippen molar-refractivity contribution in [3.63, 3.8) is 0 Å². The Bertz CT molecular complexity index is 1700. The predicted molar refractivity (Wildman–Crippen MR) is 225 cm³/mol. The smallest absolute Gasteiger partial charge is 0.412 e. The van der Waals surface area contributed by atoms with Crippen LogP contribution < -0.4 is 0 Å². The third kappa shape index (κ3) is 12.1. The maximum Gasteiger partial charge on any atom is 0.412 e. The average Bonchev–Trinajstić information content (AvgIpc) is 3.24. The molecular weight excluding hydrogens is 751 g/mol. The summed E-state index contributed by atoms with van der Waals surface area (Å²) in [5, 5.41) is 10.9. The van der Waals surface area contributed by atoms with Crippen LogP contribution in [0, 0.1) is 35.5 Å². The van der Waals surface area contributed by atoms with Crippen molar-refractivity contribution in [3.8, 4) is 0 Å². The Labute approximate surface area is 351 Å². The molecule has 11 nitrogen and oxygen atoms in total. The van der Waals surface area contributed by atoms with Crippen LogP contribution in [-0.2, 0) is 46.3 Å². The van der Waals surface area contributed by atoms with Crippen LogP contribution in [0.5, 0.6) is 0 Å². The van der Waals surface area contributed by atoms with Gasteiger partial charge in [0, 0.05) is 17.8 Å². The lowest BCUT2D eigenvalue weighted by Gasteiger charge is -2.48. The van der Waals surface area contributed by atoms with Crippen LogP contribution >= 0.6 is 0 Å². The lowest BCUT2D eigenvalue weighted by molar-refractivity contribution is -0.336. The number of aliphatic hydroxyl groups excluding tert-OH is 1. The van der Waals surface area contributed by atoms with Crippen molar-refractivity contribution in [3.05, 3.63) is 108 Å². The fourth-order valence-corrected chi connectivity index (χ4v) is 7.91. The highest BCUT2D eigenvalue weighted by atomic mass is 16.7. The fourth-order valence-electron chi connectivity index (χ4n) is 7.91. The topological polar surface area (TPSA) is 122 Å². The number of carbonyl (C=O) groups excluding carboxylic acids is 2. The molecule has 6 rings (SSSR count). The van der Waals surface area contributed by atoms with Crippen molar-refractivity contribution < 1.29 is 47.9 Å². The molecule has 3 aromatic carbocycles. The van der Waals surface area contributed by atoms with Crippen LogP contribution in [0.3, 0.4) is 0 Å². The van der Waals surface area contributed by atoms with Gasteiger partial charge in [0.25, 0.3) is 0 Å². The highest BCUT2D eigenvalue weighted by Gasteiger charge is 2.50.